The maximum Gasteiger partial charge on any atom is 0.0770 e. The van der Waals surface area contributed by atoms with E-state index in [0.29, 0.717) is 6.54 Å². The van der Waals surface area contributed by atoms with E-state index >= 15 is 0 Å². The quantitative estimate of drug-likeness (QED) is 0.501. The van der Waals surface area contributed by atoms with Gasteiger partial charge < -0.3 is 21.3 Å². The van der Waals surface area contributed by atoms with Crippen LogP contribution in [0.15, 0.2) is 18.3 Å². The van der Waals surface area contributed by atoms with Gasteiger partial charge in [-0.25, -0.2) is 0 Å². The van der Waals surface area contributed by atoms with Gasteiger partial charge in [-0.2, -0.15) is 0 Å². The molecule has 1 aromatic heterocycles. The lowest BCUT2D eigenvalue weighted by atomic mass is 10.2. The van der Waals surface area contributed by atoms with Gasteiger partial charge in [0, 0.05) is 12.7 Å². The van der Waals surface area contributed by atoms with Gasteiger partial charge in [-0.3, -0.25) is 4.98 Å². The fourth-order valence-electron chi connectivity index (χ4n) is 1.10. The summed E-state index contributed by atoms with van der Waals surface area (Å²) in [5.41, 5.74) is 6.96. The van der Waals surface area contributed by atoms with Gasteiger partial charge in [0.15, 0.2) is 0 Å². The van der Waals surface area contributed by atoms with Crippen molar-refractivity contribution in [2.24, 2.45) is 5.73 Å². The monoisotopic (exact) mass is 197 g/mol. The molecule has 14 heavy (non-hydrogen) atoms. The van der Waals surface area contributed by atoms with E-state index in [4.69, 9.17) is 15.9 Å². The third-order valence-electron chi connectivity index (χ3n) is 1.88. The molecule has 5 heteroatoms. The van der Waals surface area contributed by atoms with Crippen molar-refractivity contribution in [2.75, 3.05) is 18.5 Å². The number of nitrogens with zero attached hydrogens (tertiary/aromatic N) is 1. The second-order valence-electron chi connectivity index (χ2n) is 2.91. The third-order valence-corrected chi connectivity index (χ3v) is 1.88. The van der Waals surface area contributed by atoms with Crippen molar-refractivity contribution >= 4 is 5.69 Å². The summed E-state index contributed by atoms with van der Waals surface area (Å²) in [5.74, 6) is 0. The standard InChI is InChI=1S/C9H15N3O2/c10-4-9-8(2-1-3-11-9)12-7(5-13)6-14/h1-3,7,12-14H,4-6,10H2. The number of nitrogens with two attached hydrogens (primary N) is 1. The van der Waals surface area contributed by atoms with Gasteiger partial charge in [-0.15, -0.1) is 0 Å². The molecule has 5 N–H and O–H groups in total. The van der Waals surface area contributed by atoms with Crippen LogP contribution in [0.4, 0.5) is 5.69 Å². The van der Waals surface area contributed by atoms with Crippen molar-refractivity contribution in [1.29, 1.82) is 0 Å². The van der Waals surface area contributed by atoms with Gasteiger partial charge >= 0.3 is 0 Å². The fourth-order valence-corrected chi connectivity index (χ4v) is 1.10. The number of anilines is 1. The second kappa shape index (κ2) is 5.54. The molecule has 1 aromatic rings. The number of pyridine rings is 1. The number of aliphatic hydroxyl groups is 2. The average molecular weight is 197 g/mol. The molecule has 0 aliphatic heterocycles. The van der Waals surface area contributed by atoms with Crippen molar-refractivity contribution in [1.82, 2.24) is 4.98 Å². The van der Waals surface area contributed by atoms with Crippen LogP contribution in [0.3, 0.4) is 0 Å². The lowest BCUT2D eigenvalue weighted by molar-refractivity contribution is 0.204. The smallest absolute Gasteiger partial charge is 0.0770 e. The molecule has 0 radical (unpaired) electrons. The maximum absolute atomic E-state index is 8.88. The van der Waals surface area contributed by atoms with E-state index < -0.39 is 0 Å². The summed E-state index contributed by atoms with van der Waals surface area (Å²) < 4.78 is 0. The summed E-state index contributed by atoms with van der Waals surface area (Å²) in [4.78, 5) is 4.07. The zero-order valence-electron chi connectivity index (χ0n) is 7.85. The largest absolute Gasteiger partial charge is 0.394 e. The van der Waals surface area contributed by atoms with Gasteiger partial charge in [-0.1, -0.05) is 0 Å². The molecular weight excluding hydrogens is 182 g/mol. The van der Waals surface area contributed by atoms with Crippen molar-refractivity contribution in [3.05, 3.63) is 24.0 Å². The highest BCUT2D eigenvalue weighted by atomic mass is 16.3. The van der Waals surface area contributed by atoms with E-state index in [2.05, 4.69) is 10.3 Å². The molecule has 0 saturated carbocycles. The molecule has 1 heterocycles. The molecule has 1 rings (SSSR count). The Morgan fingerprint density at radius 2 is 2.14 bits per heavy atom. The first kappa shape index (κ1) is 10.9. The number of hydrogen-bond donors (Lipinski definition) is 4. The Balaban J connectivity index is 2.74. The molecule has 0 spiro atoms. The van der Waals surface area contributed by atoms with Gasteiger partial charge in [0.05, 0.1) is 30.6 Å². The zero-order chi connectivity index (χ0) is 10.4. The van der Waals surface area contributed by atoms with Crippen molar-refractivity contribution < 1.29 is 10.2 Å². The minimum atomic E-state index is -0.371. The topological polar surface area (TPSA) is 91.4 Å². The molecule has 0 aliphatic carbocycles. The molecule has 78 valence electrons. The highest BCUT2D eigenvalue weighted by molar-refractivity contribution is 5.48. The highest BCUT2D eigenvalue weighted by Gasteiger charge is 2.07. The Labute approximate surface area is 82.6 Å². The summed E-state index contributed by atoms with van der Waals surface area (Å²) in [7, 11) is 0. The van der Waals surface area contributed by atoms with Gasteiger partial charge in [0.1, 0.15) is 0 Å². The fraction of sp³-hybridized carbons (Fsp3) is 0.444. The van der Waals surface area contributed by atoms with E-state index in [0.717, 1.165) is 11.4 Å². The van der Waals surface area contributed by atoms with E-state index in [1.165, 1.54) is 0 Å². The molecule has 0 fully saturated rings. The van der Waals surface area contributed by atoms with Crippen LogP contribution in [-0.4, -0.2) is 34.5 Å². The SMILES string of the molecule is NCc1ncccc1NC(CO)CO. The van der Waals surface area contributed by atoms with Crippen LogP contribution < -0.4 is 11.1 Å². The predicted molar refractivity (Wildman–Crippen MR) is 53.7 cm³/mol. The van der Waals surface area contributed by atoms with Crippen LogP contribution >= 0.6 is 0 Å². The lowest BCUT2D eigenvalue weighted by Crippen LogP contribution is -2.28. The summed E-state index contributed by atoms with van der Waals surface area (Å²) in [6, 6.07) is 3.21. The second-order valence-corrected chi connectivity index (χ2v) is 2.91. The predicted octanol–water partition coefficient (Wildman–Crippen LogP) is -0.695. The molecule has 0 aromatic carbocycles. The van der Waals surface area contributed by atoms with E-state index in [1.54, 1.807) is 12.3 Å². The number of rotatable bonds is 5. The maximum atomic E-state index is 8.88. The number of aliphatic hydroxyl groups excluding tert-OH is 2. The van der Waals surface area contributed by atoms with Crippen LogP contribution in [-0.2, 0) is 6.54 Å². The molecular formula is C9H15N3O2. The summed E-state index contributed by atoms with van der Waals surface area (Å²) >= 11 is 0. The summed E-state index contributed by atoms with van der Waals surface area (Å²) in [6.45, 7) is 0.0670. The van der Waals surface area contributed by atoms with E-state index in [-0.39, 0.29) is 19.3 Å². The Bertz CT molecular complexity index is 277. The minimum Gasteiger partial charge on any atom is -0.394 e. The molecule has 0 atom stereocenters. The normalized spacial score (nSPS) is 10.6. The van der Waals surface area contributed by atoms with Crippen LogP contribution in [0.5, 0.6) is 0 Å². The average Bonchev–Trinajstić information content (AvgIpc) is 2.26. The van der Waals surface area contributed by atoms with E-state index in [9.17, 15) is 0 Å². The molecule has 0 aliphatic rings. The van der Waals surface area contributed by atoms with Crippen LogP contribution in [0, 0.1) is 0 Å². The first-order valence-electron chi connectivity index (χ1n) is 4.44. The highest BCUT2D eigenvalue weighted by Crippen LogP contribution is 2.12. The number of hydrogen-bond acceptors (Lipinski definition) is 5. The van der Waals surface area contributed by atoms with Crippen molar-refractivity contribution in [3.8, 4) is 0 Å². The van der Waals surface area contributed by atoms with Crippen molar-refractivity contribution in [3.63, 3.8) is 0 Å². The Morgan fingerprint density at radius 3 is 2.71 bits per heavy atom. The van der Waals surface area contributed by atoms with E-state index in [1.807, 2.05) is 6.07 Å². The Hall–Kier alpha value is -1.17. The molecule has 0 saturated heterocycles. The third kappa shape index (κ3) is 2.66. The number of nitrogens with one attached hydrogen (secondary N) is 1. The Kier molecular flexibility index (Phi) is 4.31. The van der Waals surface area contributed by atoms with Gasteiger partial charge in [0.25, 0.3) is 0 Å². The Morgan fingerprint density at radius 1 is 1.43 bits per heavy atom. The minimum absolute atomic E-state index is 0.130. The summed E-state index contributed by atoms with van der Waals surface area (Å²) in [6.07, 6.45) is 1.65. The van der Waals surface area contributed by atoms with Crippen LogP contribution in [0.2, 0.25) is 0 Å². The summed E-state index contributed by atoms with van der Waals surface area (Å²) in [5, 5.41) is 20.7. The molecule has 5 nitrogen and oxygen atoms in total. The van der Waals surface area contributed by atoms with Crippen LogP contribution in [0.1, 0.15) is 5.69 Å². The van der Waals surface area contributed by atoms with Crippen LogP contribution in [0.25, 0.3) is 0 Å². The first-order valence-corrected chi connectivity index (χ1v) is 4.44. The van der Waals surface area contributed by atoms with Gasteiger partial charge in [-0.05, 0) is 12.1 Å². The van der Waals surface area contributed by atoms with Gasteiger partial charge in [0.2, 0.25) is 0 Å². The molecule has 0 bridgehead atoms. The lowest BCUT2D eigenvalue weighted by Gasteiger charge is -2.16. The first-order chi connectivity index (χ1) is 6.81. The van der Waals surface area contributed by atoms with Crippen molar-refractivity contribution in [2.45, 2.75) is 12.6 Å². The molecule has 0 unspecified atom stereocenters. The zero-order valence-corrected chi connectivity index (χ0v) is 7.85. The number of aromatic nitrogens is 1. The molecule has 0 amide bonds.